The zero-order valence-corrected chi connectivity index (χ0v) is 41.4. The third kappa shape index (κ3) is 14.5. The van der Waals surface area contributed by atoms with Crippen LogP contribution in [0.3, 0.4) is 0 Å². The van der Waals surface area contributed by atoms with E-state index in [-0.39, 0.29) is 60.1 Å². The van der Waals surface area contributed by atoms with Gasteiger partial charge in [0.1, 0.15) is 30.1 Å². The van der Waals surface area contributed by atoms with Crippen molar-refractivity contribution in [2.75, 3.05) is 27.0 Å². The molecule has 0 aromatic rings. The molecule has 13 nitrogen and oxygen atoms in total. The quantitative estimate of drug-likeness (QED) is 0.142. The summed E-state index contributed by atoms with van der Waals surface area (Å²) >= 11 is 1.63. The van der Waals surface area contributed by atoms with Crippen molar-refractivity contribution in [2.24, 2.45) is 35.5 Å². The van der Waals surface area contributed by atoms with Crippen LogP contribution >= 0.6 is 11.8 Å². The van der Waals surface area contributed by atoms with Gasteiger partial charge in [-0.25, -0.2) is 4.79 Å². The van der Waals surface area contributed by atoms with Gasteiger partial charge in [-0.05, 0) is 114 Å². The van der Waals surface area contributed by atoms with Crippen LogP contribution in [0.5, 0.6) is 0 Å². The number of cyclic esters (lactones) is 1. The lowest BCUT2D eigenvalue weighted by atomic mass is 9.78. The summed E-state index contributed by atoms with van der Waals surface area (Å²) in [7, 11) is 2.96. The Bertz CT molecular complexity index is 1760. The molecule has 14 heteroatoms. The average Bonchev–Trinajstić information content (AvgIpc) is 3.28. The second-order valence-corrected chi connectivity index (χ2v) is 20.6. The summed E-state index contributed by atoms with van der Waals surface area (Å²) in [6, 6.07) is -1.12. The van der Waals surface area contributed by atoms with E-state index in [9.17, 15) is 39.3 Å². The number of methoxy groups -OCH3 is 2. The fourth-order valence-corrected chi connectivity index (χ4v) is 11.0. The molecule has 15 atom stereocenters. The van der Waals surface area contributed by atoms with Gasteiger partial charge in [0.2, 0.25) is 5.79 Å². The minimum absolute atomic E-state index is 0.000885. The van der Waals surface area contributed by atoms with Crippen molar-refractivity contribution in [3.8, 4) is 0 Å². The van der Waals surface area contributed by atoms with E-state index in [0.29, 0.717) is 63.4 Å². The Hall–Kier alpha value is -2.98. The fourth-order valence-electron chi connectivity index (χ4n) is 10.1. The number of ether oxygens (including phenoxy) is 4. The van der Waals surface area contributed by atoms with E-state index >= 15 is 0 Å². The van der Waals surface area contributed by atoms with Crippen LogP contribution in [0.1, 0.15) is 126 Å². The number of carbonyl (C=O) groups excluding carboxylic acids is 5. The zero-order valence-electron chi connectivity index (χ0n) is 40.6. The number of allylic oxidation sites excluding steroid dienone is 6. The van der Waals surface area contributed by atoms with Crippen LogP contribution in [-0.2, 0) is 42.9 Å². The number of Topliss-reactive ketones (excluding diaryl/α,β-unsaturated/α-hetero) is 3. The number of piperidine rings is 1. The minimum atomic E-state index is -2.38. The van der Waals surface area contributed by atoms with E-state index in [1.54, 1.807) is 45.7 Å². The Morgan fingerprint density at radius 1 is 0.892 bits per heavy atom. The topological polar surface area (TPSA) is 186 Å². The van der Waals surface area contributed by atoms with Crippen LogP contribution in [0.15, 0.2) is 47.6 Å². The number of nitrogens with zero attached hydrogens (tertiary/aromatic N) is 1. The molecule has 4 aliphatic rings. The molecule has 2 saturated heterocycles. The predicted molar refractivity (Wildman–Crippen MR) is 252 cm³/mol. The molecule has 3 heterocycles. The van der Waals surface area contributed by atoms with E-state index in [2.05, 4.69) is 0 Å². The highest BCUT2D eigenvalue weighted by Gasteiger charge is 2.53. The molecule has 1 amide bonds. The summed E-state index contributed by atoms with van der Waals surface area (Å²) in [4.78, 5) is 71.9. The van der Waals surface area contributed by atoms with E-state index in [0.717, 1.165) is 12.0 Å². The van der Waals surface area contributed by atoms with Crippen molar-refractivity contribution in [3.63, 3.8) is 0 Å². The van der Waals surface area contributed by atoms with Crippen LogP contribution in [0.2, 0.25) is 0 Å². The van der Waals surface area contributed by atoms with Crippen molar-refractivity contribution in [2.45, 2.75) is 179 Å². The number of esters is 1. The first kappa shape index (κ1) is 54.6. The number of hydrogen-bond donors (Lipinski definition) is 3. The van der Waals surface area contributed by atoms with Crippen molar-refractivity contribution < 1.29 is 58.2 Å². The third-order valence-electron chi connectivity index (χ3n) is 14.5. The van der Waals surface area contributed by atoms with E-state index in [1.807, 2.05) is 64.3 Å². The Morgan fingerprint density at radius 3 is 2.29 bits per heavy atom. The molecule has 366 valence electrons. The molecule has 0 spiro atoms. The second-order valence-electron chi connectivity index (χ2n) is 19.6. The minimum Gasteiger partial charge on any atom is -0.460 e. The summed E-state index contributed by atoms with van der Waals surface area (Å²) < 4.78 is 23.6. The van der Waals surface area contributed by atoms with Gasteiger partial charge in [-0.3, -0.25) is 19.2 Å². The second kappa shape index (κ2) is 25.4. The van der Waals surface area contributed by atoms with E-state index in [4.69, 9.17) is 18.9 Å². The molecule has 0 aromatic heterocycles. The van der Waals surface area contributed by atoms with Gasteiger partial charge < -0.3 is 39.2 Å². The first-order valence-electron chi connectivity index (χ1n) is 23.9. The Balaban J connectivity index is 1.70. The van der Waals surface area contributed by atoms with Gasteiger partial charge in [-0.1, -0.05) is 76.6 Å². The van der Waals surface area contributed by atoms with Crippen molar-refractivity contribution in [3.05, 3.63) is 47.6 Å². The number of ketones is 3. The van der Waals surface area contributed by atoms with E-state index < -0.39 is 77.8 Å². The lowest BCUT2D eigenvalue weighted by Crippen LogP contribution is -2.60. The summed E-state index contributed by atoms with van der Waals surface area (Å²) in [5.41, 5.74) is 1.46. The largest absolute Gasteiger partial charge is 0.460 e. The summed E-state index contributed by atoms with van der Waals surface area (Å²) in [5, 5.41) is 33.9. The smallest absolute Gasteiger partial charge is 0.329 e. The Morgan fingerprint density at radius 2 is 1.62 bits per heavy atom. The number of amides is 1. The molecule has 4 rings (SSSR count). The van der Waals surface area contributed by atoms with Crippen LogP contribution in [-0.4, -0.2) is 130 Å². The molecule has 2 bridgehead atoms. The first-order valence-corrected chi connectivity index (χ1v) is 25.2. The normalized spacial score (nSPS) is 40.4. The maximum atomic E-state index is 14.4. The number of aliphatic hydroxyl groups excluding tert-OH is 2. The molecule has 65 heavy (non-hydrogen) atoms. The first-order chi connectivity index (χ1) is 30.7. The molecular formula is C51H79NO12S. The summed E-state index contributed by atoms with van der Waals surface area (Å²) in [5.74, 6) is -7.73. The lowest BCUT2D eigenvalue weighted by molar-refractivity contribution is -0.263. The average molecular weight is 930 g/mol. The zero-order chi connectivity index (χ0) is 48.2. The van der Waals surface area contributed by atoms with Crippen LogP contribution in [0, 0.1) is 35.5 Å². The van der Waals surface area contributed by atoms with Crippen LogP contribution in [0.4, 0.5) is 0 Å². The Kier molecular flexibility index (Phi) is 21.3. The Labute approximate surface area is 392 Å². The van der Waals surface area contributed by atoms with Gasteiger partial charge in [-0.15, -0.1) is 0 Å². The highest BCUT2D eigenvalue weighted by Crippen LogP contribution is 2.38. The number of carbonyl (C=O) groups is 5. The molecule has 3 N–H and O–H groups in total. The summed E-state index contributed by atoms with van der Waals surface area (Å²) in [6.07, 6.45) is 14.4. The third-order valence-corrected chi connectivity index (χ3v) is 15.6. The highest BCUT2D eigenvalue weighted by atomic mass is 32.2. The molecule has 1 aliphatic carbocycles. The number of aliphatic hydroxyl groups is 3. The van der Waals surface area contributed by atoms with Crippen molar-refractivity contribution >= 4 is 41.0 Å². The molecule has 0 radical (unpaired) electrons. The molecule has 3 fully saturated rings. The molecule has 0 aromatic carbocycles. The lowest BCUT2D eigenvalue weighted by Gasteiger charge is -2.42. The van der Waals surface area contributed by atoms with Gasteiger partial charge in [0.15, 0.2) is 5.78 Å². The fraction of sp³-hybridized carbons (Fsp3) is 0.745. The van der Waals surface area contributed by atoms with Gasteiger partial charge in [0.25, 0.3) is 11.7 Å². The SMILES string of the molecule is COC1C(=O)[C@H](C)C[C@H](C)/C=C/C=C/C=C(\C)C(SC)C[C@@H]2CC[C@@H](C)[C@@](O)(O2)C(=O)C(=O)N2CCCC[C@H]2C(=O)O[C@H]([C@H](C)C[C@@H]2CCC(O)[C@H](OC)C2)CC(=O)[C@H](C)/C=C(\C)[C@H]1O. The molecular weight excluding hydrogens is 851 g/mol. The number of rotatable bonds is 6. The highest BCUT2D eigenvalue weighted by molar-refractivity contribution is 7.99. The predicted octanol–water partition coefficient (Wildman–Crippen LogP) is 6.90. The standard InChI is InChI=1S/C51H79NO12S/c1-30-16-12-11-13-17-31(2)44(65-10)28-38-21-19-36(7)51(60,64-38)48(57)49(58)52-23-15-14-18-39(52)50(59)63-42(33(4)26-37-20-22-40(53)43(27-37)61-8)29-41(54)32(3)25-35(6)46(56)47(62-9)45(55)34(5)24-30/h11-13,16-17,25,30,32-34,36-40,42-44,46-47,53,56,60H,14-15,18-24,26-29H2,1-10H3/b13-11+,16-12+,31-17+,35-25+/t30-,32-,33-,34-,36-,37+,38+,39+,40?,42+,43-,44?,46-,47?,51-/m1/s1. The van der Waals surface area contributed by atoms with Gasteiger partial charge in [0, 0.05) is 50.2 Å². The van der Waals surface area contributed by atoms with Crippen LogP contribution in [0.25, 0.3) is 0 Å². The maximum absolute atomic E-state index is 14.4. The molecule has 1 saturated carbocycles. The van der Waals surface area contributed by atoms with Crippen molar-refractivity contribution in [1.82, 2.24) is 4.90 Å². The van der Waals surface area contributed by atoms with Crippen LogP contribution < -0.4 is 0 Å². The van der Waals surface area contributed by atoms with Gasteiger partial charge in [0.05, 0.1) is 18.3 Å². The number of hydrogen-bond acceptors (Lipinski definition) is 13. The maximum Gasteiger partial charge on any atom is 0.329 e. The molecule has 3 aliphatic heterocycles. The molecule has 3 unspecified atom stereocenters. The van der Waals surface area contributed by atoms with E-state index in [1.165, 1.54) is 12.0 Å². The monoisotopic (exact) mass is 930 g/mol. The number of fused-ring (bicyclic) bond motifs is 3. The van der Waals surface area contributed by atoms with Gasteiger partial charge in [-0.2, -0.15) is 11.8 Å². The summed E-state index contributed by atoms with van der Waals surface area (Å²) in [6.45, 7) is 12.9. The van der Waals surface area contributed by atoms with Gasteiger partial charge >= 0.3 is 5.97 Å². The number of thioether (sulfide) groups is 1. The van der Waals surface area contributed by atoms with Crippen molar-refractivity contribution in [1.29, 1.82) is 0 Å².